The summed E-state index contributed by atoms with van der Waals surface area (Å²) >= 11 is 0. The molecule has 5 heteroatoms. The second kappa shape index (κ2) is 7.79. The van der Waals surface area contributed by atoms with Crippen LogP contribution in [0.25, 0.3) is 10.9 Å². The van der Waals surface area contributed by atoms with Crippen molar-refractivity contribution >= 4 is 28.1 Å². The zero-order chi connectivity index (χ0) is 15.4. The molecule has 0 aliphatic carbocycles. The van der Waals surface area contributed by atoms with E-state index in [2.05, 4.69) is 58.3 Å². The average molecular weight is 328 g/mol. The van der Waals surface area contributed by atoms with Crippen molar-refractivity contribution in [3.05, 3.63) is 54.9 Å². The van der Waals surface area contributed by atoms with Gasteiger partial charge in [0, 0.05) is 29.9 Å². The van der Waals surface area contributed by atoms with E-state index in [4.69, 9.17) is 0 Å². The molecule has 0 fully saturated rings. The lowest BCUT2D eigenvalue weighted by Crippen LogP contribution is -3.00. The number of nitrogens with zero attached hydrogens (tertiary/aromatic N) is 3. The normalized spacial score (nSPS) is 10.2. The molecule has 0 amide bonds. The summed E-state index contributed by atoms with van der Waals surface area (Å²) < 4.78 is 0. The Kier molecular flexibility index (Phi) is 5.77. The van der Waals surface area contributed by atoms with E-state index in [9.17, 15) is 0 Å². The average Bonchev–Trinajstić information content (AvgIpc) is 2.58. The highest BCUT2D eigenvalue weighted by Crippen LogP contribution is 2.24. The fourth-order valence-electron chi connectivity index (χ4n) is 2.59. The molecule has 23 heavy (non-hydrogen) atoms. The molecular weight excluding hydrogens is 308 g/mol. The van der Waals surface area contributed by atoms with Crippen molar-refractivity contribution in [2.24, 2.45) is 0 Å². The molecule has 0 aliphatic rings. The molecule has 0 atom stereocenters. The minimum absolute atomic E-state index is 0. The SMILES string of the molecule is CCN(CC)c1ccc(Nc2ncnc3ccccc23)cc1.[Cl-]. The smallest absolute Gasteiger partial charge is 0.141 e. The van der Waals surface area contributed by atoms with Gasteiger partial charge in [0.2, 0.25) is 0 Å². The number of rotatable bonds is 5. The summed E-state index contributed by atoms with van der Waals surface area (Å²) in [5.41, 5.74) is 3.21. The Morgan fingerprint density at radius 2 is 1.61 bits per heavy atom. The van der Waals surface area contributed by atoms with Gasteiger partial charge in [-0.15, -0.1) is 0 Å². The van der Waals surface area contributed by atoms with E-state index in [0.29, 0.717) is 0 Å². The quantitative estimate of drug-likeness (QED) is 0.765. The number of halogens is 1. The van der Waals surface area contributed by atoms with Gasteiger partial charge in [-0.1, -0.05) is 12.1 Å². The summed E-state index contributed by atoms with van der Waals surface area (Å²) in [5, 5.41) is 4.41. The predicted octanol–water partition coefficient (Wildman–Crippen LogP) is 1.22. The second-order valence-corrected chi connectivity index (χ2v) is 5.08. The molecule has 3 aromatic rings. The molecule has 0 saturated carbocycles. The van der Waals surface area contributed by atoms with Crippen LogP contribution >= 0.6 is 0 Å². The van der Waals surface area contributed by atoms with E-state index in [1.54, 1.807) is 6.33 Å². The molecular formula is C18H20ClN4-. The minimum Gasteiger partial charge on any atom is -1.00 e. The standard InChI is InChI=1S/C18H20N4.ClH/c1-3-22(4-2)15-11-9-14(10-12-15)21-18-16-7-5-6-8-17(16)19-13-20-18;/h5-13H,3-4H2,1-2H3,(H,19,20,21);1H/p-1. The van der Waals surface area contributed by atoms with E-state index in [-0.39, 0.29) is 12.4 Å². The van der Waals surface area contributed by atoms with Crippen molar-refractivity contribution in [2.45, 2.75) is 13.8 Å². The minimum atomic E-state index is 0. The van der Waals surface area contributed by atoms with Gasteiger partial charge in [0.25, 0.3) is 0 Å². The second-order valence-electron chi connectivity index (χ2n) is 5.08. The van der Waals surface area contributed by atoms with Crippen LogP contribution in [0, 0.1) is 0 Å². The topological polar surface area (TPSA) is 41.0 Å². The van der Waals surface area contributed by atoms with Crippen molar-refractivity contribution in [3.63, 3.8) is 0 Å². The van der Waals surface area contributed by atoms with Crippen molar-refractivity contribution in [1.29, 1.82) is 0 Å². The number of para-hydroxylation sites is 1. The number of fused-ring (bicyclic) bond motifs is 1. The number of anilines is 3. The van der Waals surface area contributed by atoms with Gasteiger partial charge in [0.1, 0.15) is 12.1 Å². The first-order valence-corrected chi connectivity index (χ1v) is 7.63. The Balaban J connectivity index is 0.00000192. The Hall–Kier alpha value is -2.33. The highest BCUT2D eigenvalue weighted by molar-refractivity contribution is 5.90. The number of nitrogens with one attached hydrogen (secondary N) is 1. The number of benzene rings is 2. The summed E-state index contributed by atoms with van der Waals surface area (Å²) in [6.45, 7) is 6.37. The summed E-state index contributed by atoms with van der Waals surface area (Å²) in [5.74, 6) is 0.834. The molecule has 0 saturated heterocycles. The maximum absolute atomic E-state index is 4.36. The maximum Gasteiger partial charge on any atom is 0.141 e. The van der Waals surface area contributed by atoms with Gasteiger partial charge in [0.15, 0.2) is 0 Å². The first-order valence-electron chi connectivity index (χ1n) is 7.63. The van der Waals surface area contributed by atoms with Crippen molar-refractivity contribution in [3.8, 4) is 0 Å². The molecule has 0 bridgehead atoms. The lowest BCUT2D eigenvalue weighted by molar-refractivity contribution is -0.00000457. The van der Waals surface area contributed by atoms with Crippen molar-refractivity contribution < 1.29 is 12.4 Å². The van der Waals surface area contributed by atoms with Gasteiger partial charge >= 0.3 is 0 Å². The highest BCUT2D eigenvalue weighted by atomic mass is 35.5. The van der Waals surface area contributed by atoms with Crippen molar-refractivity contribution in [1.82, 2.24) is 9.97 Å². The lowest BCUT2D eigenvalue weighted by Gasteiger charge is -2.21. The van der Waals surface area contributed by atoms with Gasteiger partial charge in [-0.25, -0.2) is 9.97 Å². The molecule has 3 rings (SSSR count). The fraction of sp³-hybridized carbons (Fsp3) is 0.222. The van der Waals surface area contributed by atoms with E-state index >= 15 is 0 Å². The van der Waals surface area contributed by atoms with Crippen LogP contribution in [-0.4, -0.2) is 23.1 Å². The molecule has 0 aliphatic heterocycles. The highest BCUT2D eigenvalue weighted by Gasteiger charge is 2.05. The van der Waals surface area contributed by atoms with Crippen LogP contribution in [0.2, 0.25) is 0 Å². The zero-order valence-electron chi connectivity index (χ0n) is 13.3. The molecule has 0 spiro atoms. The third kappa shape index (κ3) is 3.71. The molecule has 0 radical (unpaired) electrons. The predicted molar refractivity (Wildman–Crippen MR) is 92.8 cm³/mol. The number of hydrogen-bond acceptors (Lipinski definition) is 4. The molecule has 1 aromatic heterocycles. The third-order valence-corrected chi connectivity index (χ3v) is 3.80. The summed E-state index contributed by atoms with van der Waals surface area (Å²) in [6, 6.07) is 16.5. The van der Waals surface area contributed by atoms with E-state index in [0.717, 1.165) is 35.5 Å². The van der Waals surface area contributed by atoms with E-state index < -0.39 is 0 Å². The van der Waals surface area contributed by atoms with Gasteiger partial charge in [0.05, 0.1) is 5.52 Å². The number of aromatic nitrogens is 2. The Labute approximate surface area is 143 Å². The summed E-state index contributed by atoms with van der Waals surface area (Å²) in [7, 11) is 0. The Morgan fingerprint density at radius 3 is 2.30 bits per heavy atom. The first-order chi connectivity index (χ1) is 10.8. The lowest BCUT2D eigenvalue weighted by atomic mass is 10.2. The molecule has 120 valence electrons. The Bertz CT molecular complexity index is 749. The molecule has 4 nitrogen and oxygen atoms in total. The maximum atomic E-state index is 4.36. The van der Waals surface area contributed by atoms with Crippen LogP contribution in [0.4, 0.5) is 17.2 Å². The molecule has 1 heterocycles. The third-order valence-electron chi connectivity index (χ3n) is 3.80. The first kappa shape index (κ1) is 17.0. The molecule has 2 aromatic carbocycles. The van der Waals surface area contributed by atoms with Gasteiger partial charge < -0.3 is 22.6 Å². The van der Waals surface area contributed by atoms with Gasteiger partial charge in [-0.05, 0) is 50.2 Å². The number of hydrogen-bond donors (Lipinski definition) is 1. The monoisotopic (exact) mass is 327 g/mol. The van der Waals surface area contributed by atoms with Crippen LogP contribution in [0.3, 0.4) is 0 Å². The summed E-state index contributed by atoms with van der Waals surface area (Å²) in [4.78, 5) is 11.0. The van der Waals surface area contributed by atoms with E-state index in [1.807, 2.05) is 24.3 Å². The van der Waals surface area contributed by atoms with Crippen LogP contribution in [-0.2, 0) is 0 Å². The molecule has 1 N–H and O–H groups in total. The van der Waals surface area contributed by atoms with Crippen molar-refractivity contribution in [2.75, 3.05) is 23.3 Å². The van der Waals surface area contributed by atoms with Crippen LogP contribution in [0.1, 0.15) is 13.8 Å². The van der Waals surface area contributed by atoms with Gasteiger partial charge in [-0.3, -0.25) is 0 Å². The van der Waals surface area contributed by atoms with Crippen LogP contribution in [0.15, 0.2) is 54.9 Å². The fourth-order valence-corrected chi connectivity index (χ4v) is 2.59. The molecule has 0 unspecified atom stereocenters. The summed E-state index contributed by atoms with van der Waals surface area (Å²) in [6.07, 6.45) is 1.59. The van der Waals surface area contributed by atoms with Crippen LogP contribution in [0.5, 0.6) is 0 Å². The van der Waals surface area contributed by atoms with Crippen LogP contribution < -0.4 is 22.6 Å². The van der Waals surface area contributed by atoms with Gasteiger partial charge in [-0.2, -0.15) is 0 Å². The largest absolute Gasteiger partial charge is 1.00 e. The Morgan fingerprint density at radius 1 is 0.913 bits per heavy atom. The zero-order valence-corrected chi connectivity index (χ0v) is 14.1. The van der Waals surface area contributed by atoms with E-state index in [1.165, 1.54) is 5.69 Å².